The summed E-state index contributed by atoms with van der Waals surface area (Å²) in [5.41, 5.74) is 5.95. The average Bonchev–Trinajstić information content (AvgIpc) is 2.98. The highest BCUT2D eigenvalue weighted by Gasteiger charge is 2.42. The van der Waals surface area contributed by atoms with Crippen molar-refractivity contribution in [3.8, 4) is 5.75 Å². The van der Waals surface area contributed by atoms with Gasteiger partial charge in [0, 0.05) is 35.3 Å². The van der Waals surface area contributed by atoms with E-state index in [4.69, 9.17) is 33.7 Å². The van der Waals surface area contributed by atoms with Crippen molar-refractivity contribution >= 4 is 35.0 Å². The minimum atomic E-state index is -1.07. The summed E-state index contributed by atoms with van der Waals surface area (Å²) in [7, 11) is 0. The van der Waals surface area contributed by atoms with Crippen molar-refractivity contribution in [3.05, 3.63) is 63.6 Å². The highest BCUT2D eigenvalue weighted by Crippen LogP contribution is 2.37. The number of rotatable bonds is 7. The first-order valence-corrected chi connectivity index (χ1v) is 12.0. The fourth-order valence-corrected chi connectivity index (χ4v) is 5.32. The lowest BCUT2D eigenvalue weighted by molar-refractivity contribution is -0.135. The summed E-state index contributed by atoms with van der Waals surface area (Å²) >= 11 is 12.2. The fourth-order valence-electron chi connectivity index (χ4n) is 4.87. The number of hydrogen-bond acceptors (Lipinski definition) is 4. The van der Waals surface area contributed by atoms with Gasteiger partial charge >= 0.3 is 0 Å². The lowest BCUT2D eigenvalue weighted by Gasteiger charge is -2.40. The first kappa shape index (κ1) is 23.9. The molecule has 2 aromatic rings. The summed E-state index contributed by atoms with van der Waals surface area (Å²) in [5.74, 6) is -0.143. The quantitative estimate of drug-likeness (QED) is 0.596. The van der Waals surface area contributed by atoms with Crippen molar-refractivity contribution in [3.63, 3.8) is 0 Å². The predicted molar refractivity (Wildman–Crippen MR) is 130 cm³/mol. The molecule has 8 heteroatoms. The molecule has 2 saturated heterocycles. The average molecular weight is 490 g/mol. The molecular weight excluding hydrogens is 461 g/mol. The number of amides is 2. The zero-order valence-corrected chi connectivity index (χ0v) is 20.3. The summed E-state index contributed by atoms with van der Waals surface area (Å²) in [6.45, 7) is 4.32. The number of piperidine rings is 1. The van der Waals surface area contributed by atoms with Crippen LogP contribution in [-0.2, 0) is 11.3 Å². The number of carbonyl (C=O) groups is 2. The molecule has 0 radical (unpaired) electrons. The van der Waals surface area contributed by atoms with E-state index in [0.717, 1.165) is 37.8 Å². The van der Waals surface area contributed by atoms with Crippen LogP contribution in [0.2, 0.25) is 10.0 Å². The monoisotopic (exact) mass is 489 g/mol. The molecule has 2 aliphatic heterocycles. The highest BCUT2D eigenvalue weighted by molar-refractivity contribution is 6.35. The molecule has 33 heavy (non-hydrogen) atoms. The topological polar surface area (TPSA) is 84.7 Å². The number of ether oxygens (including phenoxy) is 1. The molecule has 2 amide bonds. The van der Waals surface area contributed by atoms with Gasteiger partial charge in [-0.25, -0.2) is 0 Å². The van der Waals surface area contributed by atoms with Crippen LogP contribution in [0, 0.1) is 0 Å². The molecule has 2 unspecified atom stereocenters. The van der Waals surface area contributed by atoms with E-state index in [0.29, 0.717) is 33.4 Å². The normalized spacial score (nSPS) is 22.7. The van der Waals surface area contributed by atoms with Crippen LogP contribution < -0.4 is 15.8 Å². The first-order chi connectivity index (χ1) is 15.6. The Morgan fingerprint density at radius 3 is 2.30 bits per heavy atom. The Bertz CT molecular complexity index is 1030. The van der Waals surface area contributed by atoms with Gasteiger partial charge in [-0.15, -0.1) is 0 Å². The number of nitrogens with two attached hydrogens (primary N) is 1. The summed E-state index contributed by atoms with van der Waals surface area (Å²) in [6.07, 6.45) is 4.05. The van der Waals surface area contributed by atoms with Gasteiger partial charge in [-0.05, 0) is 75.4 Å². The van der Waals surface area contributed by atoms with E-state index in [1.54, 1.807) is 44.2 Å². The van der Waals surface area contributed by atoms with Crippen LogP contribution in [0.3, 0.4) is 0 Å². The van der Waals surface area contributed by atoms with Gasteiger partial charge in [0.25, 0.3) is 5.91 Å². The van der Waals surface area contributed by atoms with E-state index in [1.807, 2.05) is 12.1 Å². The van der Waals surface area contributed by atoms with Gasteiger partial charge in [0.1, 0.15) is 5.75 Å². The van der Waals surface area contributed by atoms with Crippen LogP contribution in [0.5, 0.6) is 5.75 Å². The third-order valence-corrected chi connectivity index (χ3v) is 7.16. The minimum absolute atomic E-state index is 0.104. The molecule has 4 rings (SSSR count). The van der Waals surface area contributed by atoms with Gasteiger partial charge in [0.2, 0.25) is 5.91 Å². The molecule has 3 N–H and O–H groups in total. The Morgan fingerprint density at radius 2 is 1.73 bits per heavy atom. The standard InChI is InChI=1S/C25H29Cl2N3O3/c1-25(2,33-22-10-7-17(26)11-21(22)27)24(32)29-18-12-19-8-9-20(13-18)30(19)14-15-3-5-16(6-4-15)23(28)31/h3-7,10-11,18-20H,8-9,12-14H2,1-2H3,(H2,28,31)(H,29,32). The van der Waals surface area contributed by atoms with Gasteiger partial charge in [-0.1, -0.05) is 35.3 Å². The number of carbonyl (C=O) groups excluding carboxylic acids is 2. The zero-order valence-electron chi connectivity index (χ0n) is 18.8. The zero-order chi connectivity index (χ0) is 23.8. The van der Waals surface area contributed by atoms with Crippen molar-refractivity contribution in [2.75, 3.05) is 0 Å². The van der Waals surface area contributed by atoms with Gasteiger partial charge in [-0.3, -0.25) is 14.5 Å². The van der Waals surface area contributed by atoms with Gasteiger partial charge in [0.15, 0.2) is 5.60 Å². The molecule has 2 atom stereocenters. The lowest BCUT2D eigenvalue weighted by Crippen LogP contribution is -2.55. The Balaban J connectivity index is 1.35. The Kier molecular flexibility index (Phi) is 6.89. The Morgan fingerprint density at radius 1 is 1.09 bits per heavy atom. The van der Waals surface area contributed by atoms with Crippen molar-refractivity contribution < 1.29 is 14.3 Å². The van der Waals surface area contributed by atoms with Crippen LogP contribution in [0.4, 0.5) is 0 Å². The van der Waals surface area contributed by atoms with E-state index < -0.39 is 11.5 Å². The molecule has 2 bridgehead atoms. The molecule has 0 aliphatic carbocycles. The highest BCUT2D eigenvalue weighted by atomic mass is 35.5. The fraction of sp³-hybridized carbons (Fsp3) is 0.440. The molecule has 0 saturated carbocycles. The molecule has 6 nitrogen and oxygen atoms in total. The van der Waals surface area contributed by atoms with Crippen molar-refractivity contribution in [2.45, 2.75) is 69.8 Å². The second-order valence-corrected chi connectivity index (χ2v) is 10.3. The van der Waals surface area contributed by atoms with Crippen LogP contribution in [0.25, 0.3) is 0 Å². The summed E-state index contributed by atoms with van der Waals surface area (Å²) < 4.78 is 5.94. The second-order valence-electron chi connectivity index (χ2n) is 9.45. The first-order valence-electron chi connectivity index (χ1n) is 11.2. The maximum absolute atomic E-state index is 13.1. The molecule has 2 aliphatic rings. The predicted octanol–water partition coefficient (Wildman–Crippen LogP) is 4.56. The van der Waals surface area contributed by atoms with E-state index >= 15 is 0 Å². The van der Waals surface area contributed by atoms with Crippen molar-refractivity contribution in [1.29, 1.82) is 0 Å². The smallest absolute Gasteiger partial charge is 0.263 e. The molecule has 0 aromatic heterocycles. The van der Waals surface area contributed by atoms with Crippen LogP contribution in [-0.4, -0.2) is 40.4 Å². The van der Waals surface area contributed by atoms with Gasteiger partial charge < -0.3 is 15.8 Å². The third kappa shape index (κ3) is 5.45. The molecule has 0 spiro atoms. The van der Waals surface area contributed by atoms with Crippen LogP contribution >= 0.6 is 23.2 Å². The largest absolute Gasteiger partial charge is 0.476 e. The van der Waals surface area contributed by atoms with E-state index in [9.17, 15) is 9.59 Å². The number of benzene rings is 2. The number of fused-ring (bicyclic) bond motifs is 2. The van der Waals surface area contributed by atoms with E-state index in [-0.39, 0.29) is 11.9 Å². The number of nitrogens with zero attached hydrogens (tertiary/aromatic N) is 1. The third-order valence-electron chi connectivity index (χ3n) is 6.63. The van der Waals surface area contributed by atoms with E-state index in [2.05, 4.69) is 10.2 Å². The van der Waals surface area contributed by atoms with Crippen molar-refractivity contribution in [1.82, 2.24) is 10.2 Å². The minimum Gasteiger partial charge on any atom is -0.476 e. The van der Waals surface area contributed by atoms with Gasteiger partial charge in [-0.2, -0.15) is 0 Å². The summed E-state index contributed by atoms with van der Waals surface area (Å²) in [5, 5.41) is 4.09. The summed E-state index contributed by atoms with van der Waals surface area (Å²) in [4.78, 5) is 26.9. The number of hydrogen-bond donors (Lipinski definition) is 2. The molecule has 2 fully saturated rings. The Labute approximate surface area is 204 Å². The van der Waals surface area contributed by atoms with Gasteiger partial charge in [0.05, 0.1) is 5.02 Å². The SMILES string of the molecule is CC(C)(Oc1ccc(Cl)cc1Cl)C(=O)NC1CC2CCC(C1)N2Cc1ccc(C(N)=O)cc1. The second kappa shape index (κ2) is 9.53. The maximum atomic E-state index is 13.1. The van der Waals surface area contributed by atoms with Crippen LogP contribution in [0.15, 0.2) is 42.5 Å². The molecule has 176 valence electrons. The number of halogens is 2. The molecular formula is C25H29Cl2N3O3. The van der Waals surface area contributed by atoms with E-state index in [1.165, 1.54) is 0 Å². The Hall–Kier alpha value is -2.28. The molecule has 2 aromatic carbocycles. The number of primary amides is 1. The summed E-state index contributed by atoms with van der Waals surface area (Å²) in [6, 6.07) is 13.4. The lowest BCUT2D eigenvalue weighted by atomic mass is 9.95. The number of nitrogens with one attached hydrogen (secondary N) is 1. The maximum Gasteiger partial charge on any atom is 0.263 e. The van der Waals surface area contributed by atoms with Crippen LogP contribution in [0.1, 0.15) is 55.5 Å². The molecule has 2 heterocycles. The van der Waals surface area contributed by atoms with Crippen molar-refractivity contribution in [2.24, 2.45) is 5.73 Å².